The molecule has 0 aliphatic heterocycles. The molecule has 0 N–H and O–H groups in total. The molecule has 46 valence electrons. The minimum atomic E-state index is -0.215. The Morgan fingerprint density at radius 3 is 2.30 bits per heavy atom. The summed E-state index contributed by atoms with van der Waals surface area (Å²) in [5.74, 6) is -0.215. The number of para-hydroxylation sites is 1. The van der Waals surface area contributed by atoms with Crippen LogP contribution in [0.5, 0.6) is 5.75 Å². The van der Waals surface area contributed by atoms with Crippen LogP contribution >= 0.6 is 0 Å². The standard InChI is InChI=1S/C7H6O2.Li/c8-5-6-3-1-2-4-7(6)9;/h1-5,9H;/q;+1/p-1. The van der Waals surface area contributed by atoms with Crippen molar-refractivity contribution in [1.82, 2.24) is 0 Å². The minimum absolute atomic E-state index is 0. The van der Waals surface area contributed by atoms with Gasteiger partial charge in [0.15, 0.2) is 0 Å². The zero-order valence-corrected chi connectivity index (χ0v) is 5.70. The minimum Gasteiger partial charge on any atom is -0.872 e. The molecule has 0 aliphatic rings. The summed E-state index contributed by atoms with van der Waals surface area (Å²) in [7, 11) is 0. The van der Waals surface area contributed by atoms with Crippen molar-refractivity contribution in [2.75, 3.05) is 0 Å². The molecule has 0 spiro atoms. The van der Waals surface area contributed by atoms with E-state index in [1.165, 1.54) is 12.1 Å². The molecule has 0 aromatic heterocycles. The summed E-state index contributed by atoms with van der Waals surface area (Å²) in [5.41, 5.74) is 0.220. The molecule has 0 saturated heterocycles. The monoisotopic (exact) mass is 128 g/mol. The van der Waals surface area contributed by atoms with Crippen LogP contribution in [0.2, 0.25) is 0 Å². The van der Waals surface area contributed by atoms with E-state index >= 15 is 0 Å². The van der Waals surface area contributed by atoms with Gasteiger partial charge in [0.25, 0.3) is 0 Å². The molecule has 0 amide bonds. The van der Waals surface area contributed by atoms with E-state index in [0.717, 1.165) is 0 Å². The Morgan fingerprint density at radius 1 is 1.30 bits per heavy atom. The van der Waals surface area contributed by atoms with Crippen LogP contribution in [-0.2, 0) is 0 Å². The molecule has 10 heavy (non-hydrogen) atoms. The first-order valence-electron chi connectivity index (χ1n) is 2.56. The SMILES string of the molecule is O=Cc1ccccc1[O-].[Li+]. The van der Waals surface area contributed by atoms with E-state index in [1.807, 2.05) is 0 Å². The number of hydrogen-bond acceptors (Lipinski definition) is 2. The van der Waals surface area contributed by atoms with Crippen LogP contribution in [0.1, 0.15) is 10.4 Å². The van der Waals surface area contributed by atoms with E-state index in [-0.39, 0.29) is 30.2 Å². The van der Waals surface area contributed by atoms with Gasteiger partial charge in [-0.2, -0.15) is 0 Å². The summed E-state index contributed by atoms with van der Waals surface area (Å²) < 4.78 is 0. The second kappa shape index (κ2) is 4.16. The molecule has 0 bridgehead atoms. The van der Waals surface area contributed by atoms with Gasteiger partial charge in [-0.3, -0.25) is 4.79 Å². The predicted octanol–water partition coefficient (Wildman–Crippen LogP) is -2.42. The van der Waals surface area contributed by atoms with Crippen molar-refractivity contribution in [3.05, 3.63) is 29.8 Å². The molecule has 1 rings (SSSR count). The van der Waals surface area contributed by atoms with Crippen molar-refractivity contribution in [1.29, 1.82) is 0 Å². The third-order valence-corrected chi connectivity index (χ3v) is 1.05. The molecule has 2 nitrogen and oxygen atoms in total. The van der Waals surface area contributed by atoms with Gasteiger partial charge in [-0.1, -0.05) is 30.0 Å². The third kappa shape index (κ3) is 1.91. The summed E-state index contributed by atoms with van der Waals surface area (Å²) in [6, 6.07) is 6.12. The van der Waals surface area contributed by atoms with Gasteiger partial charge in [-0.05, 0) is 0 Å². The maximum atomic E-state index is 10.6. The zero-order valence-electron chi connectivity index (χ0n) is 5.70. The number of benzene rings is 1. The van der Waals surface area contributed by atoms with E-state index < -0.39 is 0 Å². The Bertz CT molecular complexity index is 223. The Morgan fingerprint density at radius 2 is 1.90 bits per heavy atom. The quantitative estimate of drug-likeness (QED) is 0.312. The van der Waals surface area contributed by atoms with Gasteiger partial charge in [-0.25, -0.2) is 0 Å². The molecule has 1 aromatic carbocycles. The van der Waals surface area contributed by atoms with Crippen LogP contribution in [0.4, 0.5) is 0 Å². The molecule has 0 atom stereocenters. The van der Waals surface area contributed by atoms with Crippen molar-refractivity contribution in [2.45, 2.75) is 0 Å². The summed E-state index contributed by atoms with van der Waals surface area (Å²) in [6.07, 6.45) is 0.558. The van der Waals surface area contributed by atoms with Crippen LogP contribution in [0.15, 0.2) is 24.3 Å². The molecular weight excluding hydrogens is 123 g/mol. The topological polar surface area (TPSA) is 40.1 Å². The number of hydrogen-bond donors (Lipinski definition) is 0. The second-order valence-corrected chi connectivity index (χ2v) is 1.66. The fraction of sp³-hybridized carbons (Fsp3) is 0. The van der Waals surface area contributed by atoms with Gasteiger partial charge in [0.05, 0.1) is 0 Å². The van der Waals surface area contributed by atoms with Crippen molar-refractivity contribution in [2.24, 2.45) is 0 Å². The Hall–Kier alpha value is -0.713. The Kier molecular flexibility index (Phi) is 3.86. The largest absolute Gasteiger partial charge is 1.00 e. The molecule has 0 aliphatic carbocycles. The Labute approximate surface area is 71.0 Å². The average Bonchev–Trinajstić information content (AvgIpc) is 1.89. The average molecular weight is 128 g/mol. The summed E-state index contributed by atoms with van der Waals surface area (Å²) in [5, 5.41) is 10.6. The summed E-state index contributed by atoms with van der Waals surface area (Å²) >= 11 is 0. The van der Waals surface area contributed by atoms with Crippen molar-refractivity contribution in [3.8, 4) is 5.75 Å². The van der Waals surface area contributed by atoms with Crippen LogP contribution in [0, 0.1) is 0 Å². The molecule has 3 heteroatoms. The van der Waals surface area contributed by atoms with Crippen molar-refractivity contribution in [3.63, 3.8) is 0 Å². The van der Waals surface area contributed by atoms with Gasteiger partial charge in [0.1, 0.15) is 6.29 Å². The molecule has 1 aromatic rings. The Balaban J connectivity index is 0.000000810. The first kappa shape index (κ1) is 9.29. The normalized spacial score (nSPS) is 8.00. The van der Waals surface area contributed by atoms with Gasteiger partial charge >= 0.3 is 18.9 Å². The van der Waals surface area contributed by atoms with Gasteiger partial charge in [0.2, 0.25) is 0 Å². The first-order chi connectivity index (χ1) is 4.34. The molecule has 0 heterocycles. The molecular formula is C7H5LiO2. The van der Waals surface area contributed by atoms with Crippen LogP contribution < -0.4 is 24.0 Å². The number of rotatable bonds is 1. The molecule has 0 fully saturated rings. The van der Waals surface area contributed by atoms with Gasteiger partial charge in [0, 0.05) is 5.56 Å². The second-order valence-electron chi connectivity index (χ2n) is 1.66. The zero-order chi connectivity index (χ0) is 6.69. The molecule has 0 radical (unpaired) electrons. The first-order valence-corrected chi connectivity index (χ1v) is 2.56. The number of aldehydes is 1. The molecule has 0 unspecified atom stereocenters. The predicted molar refractivity (Wildman–Crippen MR) is 31.3 cm³/mol. The third-order valence-electron chi connectivity index (χ3n) is 1.05. The fourth-order valence-electron chi connectivity index (χ4n) is 0.578. The fourth-order valence-corrected chi connectivity index (χ4v) is 0.578. The number of carbonyl (C=O) groups is 1. The summed E-state index contributed by atoms with van der Waals surface area (Å²) in [6.45, 7) is 0. The van der Waals surface area contributed by atoms with E-state index in [2.05, 4.69) is 0 Å². The van der Waals surface area contributed by atoms with Crippen LogP contribution in [0.3, 0.4) is 0 Å². The van der Waals surface area contributed by atoms with Crippen molar-refractivity contribution < 1.29 is 28.8 Å². The van der Waals surface area contributed by atoms with E-state index in [4.69, 9.17) is 0 Å². The molecule has 0 saturated carbocycles. The summed E-state index contributed by atoms with van der Waals surface area (Å²) in [4.78, 5) is 10.0. The van der Waals surface area contributed by atoms with Crippen molar-refractivity contribution >= 4 is 6.29 Å². The van der Waals surface area contributed by atoms with Crippen LogP contribution in [-0.4, -0.2) is 6.29 Å². The van der Waals surface area contributed by atoms with E-state index in [9.17, 15) is 9.90 Å². The smallest absolute Gasteiger partial charge is 0.872 e. The van der Waals surface area contributed by atoms with Crippen LogP contribution in [0.25, 0.3) is 0 Å². The maximum absolute atomic E-state index is 10.6. The maximum Gasteiger partial charge on any atom is 1.00 e. The number of carbonyl (C=O) groups excluding carboxylic acids is 1. The van der Waals surface area contributed by atoms with Gasteiger partial charge < -0.3 is 5.11 Å². The van der Waals surface area contributed by atoms with Gasteiger partial charge in [-0.15, -0.1) is 0 Å². The van der Waals surface area contributed by atoms with E-state index in [0.29, 0.717) is 6.29 Å². The van der Waals surface area contributed by atoms with E-state index in [1.54, 1.807) is 12.1 Å².